The number of nitrogens with two attached hydrogens (primary N) is 1. The van der Waals surface area contributed by atoms with Gasteiger partial charge in [0.1, 0.15) is 5.82 Å². The third-order valence-electron chi connectivity index (χ3n) is 2.31. The second kappa shape index (κ2) is 4.27. The van der Waals surface area contributed by atoms with Gasteiger partial charge in [0.05, 0.1) is 10.7 Å². The molecule has 1 aliphatic carbocycles. The van der Waals surface area contributed by atoms with Crippen LogP contribution in [0.2, 0.25) is 5.02 Å². The number of carbonyl (C=O) groups is 1. The maximum absolute atomic E-state index is 12.9. The first-order valence-electron chi connectivity index (χ1n) is 4.88. The summed E-state index contributed by atoms with van der Waals surface area (Å²) in [5.74, 6) is 5.03. The van der Waals surface area contributed by atoms with E-state index >= 15 is 0 Å². The minimum Gasteiger partial charge on any atom is -0.334 e. The summed E-state index contributed by atoms with van der Waals surface area (Å²) in [5.41, 5.74) is 0.351. The van der Waals surface area contributed by atoms with Crippen molar-refractivity contribution >= 4 is 23.3 Å². The fraction of sp³-hybridized carbons (Fsp3) is 0.300. The smallest absolute Gasteiger partial charge is 0.334 e. The molecule has 86 valence electrons. The monoisotopic (exact) mass is 243 g/mol. The minimum atomic E-state index is -0.540. The molecule has 2 amide bonds. The van der Waals surface area contributed by atoms with Crippen molar-refractivity contribution in [3.05, 3.63) is 29.0 Å². The fourth-order valence-electron chi connectivity index (χ4n) is 1.22. The van der Waals surface area contributed by atoms with Crippen molar-refractivity contribution < 1.29 is 9.18 Å². The Bertz CT molecular complexity index is 423. The largest absolute Gasteiger partial charge is 0.336 e. The van der Waals surface area contributed by atoms with Gasteiger partial charge in [-0.3, -0.25) is 0 Å². The average molecular weight is 244 g/mol. The van der Waals surface area contributed by atoms with E-state index in [-0.39, 0.29) is 11.1 Å². The highest BCUT2D eigenvalue weighted by Gasteiger charge is 2.25. The summed E-state index contributed by atoms with van der Waals surface area (Å²) < 4.78 is 12.9. The highest BCUT2D eigenvalue weighted by atomic mass is 35.5. The second-order valence-electron chi connectivity index (χ2n) is 3.69. The number of benzene rings is 1. The first-order valence-corrected chi connectivity index (χ1v) is 5.26. The summed E-state index contributed by atoms with van der Waals surface area (Å²) in [7, 11) is 0. The van der Waals surface area contributed by atoms with Gasteiger partial charge in [-0.1, -0.05) is 11.6 Å². The quantitative estimate of drug-likeness (QED) is 0.474. The summed E-state index contributed by atoms with van der Waals surface area (Å²) in [6.45, 7) is 0. The number of rotatable bonds is 2. The topological polar surface area (TPSA) is 58.4 Å². The summed E-state index contributed by atoms with van der Waals surface area (Å²) in [6.07, 6.45) is 1.95. The third-order valence-corrected chi connectivity index (χ3v) is 2.59. The van der Waals surface area contributed by atoms with Crippen LogP contribution < -0.4 is 16.2 Å². The Balaban J connectivity index is 2.09. The standard InChI is InChI=1S/C10H11ClFN3O/c11-8-5-7(3-4-9(8)12)15(13)10(16)14-6-1-2-6/h3-6H,1-2,13H2,(H,14,16). The zero-order valence-corrected chi connectivity index (χ0v) is 9.17. The van der Waals surface area contributed by atoms with E-state index in [2.05, 4.69) is 5.32 Å². The molecule has 0 spiro atoms. The Morgan fingerprint density at radius 3 is 2.81 bits per heavy atom. The molecule has 0 aromatic heterocycles. The van der Waals surface area contributed by atoms with Crippen LogP contribution in [-0.4, -0.2) is 12.1 Å². The lowest BCUT2D eigenvalue weighted by Crippen LogP contribution is -2.45. The number of nitrogens with zero attached hydrogens (tertiary/aromatic N) is 1. The van der Waals surface area contributed by atoms with Crippen LogP contribution in [0.15, 0.2) is 18.2 Å². The van der Waals surface area contributed by atoms with Crippen LogP contribution in [0.4, 0.5) is 14.9 Å². The lowest BCUT2D eigenvalue weighted by atomic mass is 10.3. The molecule has 0 aliphatic heterocycles. The predicted octanol–water partition coefficient (Wildman–Crippen LogP) is 2.03. The number of hydrogen-bond acceptors (Lipinski definition) is 2. The van der Waals surface area contributed by atoms with Crippen molar-refractivity contribution in [1.29, 1.82) is 0 Å². The van der Waals surface area contributed by atoms with Gasteiger partial charge in [0, 0.05) is 6.04 Å². The number of carbonyl (C=O) groups excluding carboxylic acids is 1. The zero-order valence-electron chi connectivity index (χ0n) is 8.41. The molecule has 0 atom stereocenters. The summed E-state index contributed by atoms with van der Waals surface area (Å²) in [6, 6.07) is 3.68. The van der Waals surface area contributed by atoms with Crippen LogP contribution in [0, 0.1) is 5.82 Å². The number of anilines is 1. The van der Waals surface area contributed by atoms with Gasteiger partial charge in [-0.15, -0.1) is 0 Å². The molecule has 1 aromatic rings. The van der Waals surface area contributed by atoms with Crippen molar-refractivity contribution in [2.45, 2.75) is 18.9 Å². The van der Waals surface area contributed by atoms with Crippen LogP contribution in [0.1, 0.15) is 12.8 Å². The molecule has 6 heteroatoms. The summed E-state index contributed by atoms with van der Waals surface area (Å²) in [4.78, 5) is 11.5. The van der Waals surface area contributed by atoms with Crippen LogP contribution in [0.3, 0.4) is 0 Å². The van der Waals surface area contributed by atoms with E-state index in [4.69, 9.17) is 17.4 Å². The molecule has 3 N–H and O–H groups in total. The van der Waals surface area contributed by atoms with E-state index in [1.807, 2.05) is 0 Å². The molecule has 1 fully saturated rings. The molecule has 2 rings (SSSR count). The predicted molar refractivity (Wildman–Crippen MR) is 59.6 cm³/mol. The van der Waals surface area contributed by atoms with Crippen LogP contribution in [0.25, 0.3) is 0 Å². The lowest BCUT2D eigenvalue weighted by Gasteiger charge is -2.17. The van der Waals surface area contributed by atoms with Crippen molar-refractivity contribution in [3.63, 3.8) is 0 Å². The second-order valence-corrected chi connectivity index (χ2v) is 4.10. The maximum Gasteiger partial charge on any atom is 0.336 e. The number of amides is 2. The first kappa shape index (κ1) is 11.2. The normalized spacial score (nSPS) is 14.7. The van der Waals surface area contributed by atoms with Crippen LogP contribution in [-0.2, 0) is 0 Å². The van der Waals surface area contributed by atoms with Gasteiger partial charge in [0.2, 0.25) is 0 Å². The highest BCUT2D eigenvalue weighted by molar-refractivity contribution is 6.31. The van der Waals surface area contributed by atoms with E-state index in [9.17, 15) is 9.18 Å². The molecule has 0 heterocycles. The Kier molecular flexibility index (Phi) is 2.98. The van der Waals surface area contributed by atoms with E-state index in [1.54, 1.807) is 0 Å². The molecule has 1 aliphatic rings. The zero-order chi connectivity index (χ0) is 11.7. The Labute approximate surface area is 97.1 Å². The molecule has 16 heavy (non-hydrogen) atoms. The van der Waals surface area contributed by atoms with Crippen molar-refractivity contribution in [2.75, 3.05) is 5.01 Å². The van der Waals surface area contributed by atoms with E-state index < -0.39 is 11.8 Å². The Morgan fingerprint density at radius 2 is 2.25 bits per heavy atom. The summed E-state index contributed by atoms with van der Waals surface area (Å²) in [5, 5.41) is 3.57. The van der Waals surface area contributed by atoms with Gasteiger partial charge < -0.3 is 5.32 Å². The fourth-order valence-corrected chi connectivity index (χ4v) is 1.40. The summed E-state index contributed by atoms with van der Waals surface area (Å²) >= 11 is 5.59. The van der Waals surface area contributed by atoms with Gasteiger partial charge in [-0.05, 0) is 31.0 Å². The number of hydrogen-bond donors (Lipinski definition) is 2. The minimum absolute atomic E-state index is 0.0628. The van der Waals surface area contributed by atoms with Gasteiger partial charge in [0.15, 0.2) is 0 Å². The number of nitrogens with one attached hydrogen (secondary N) is 1. The number of halogens is 2. The number of hydrazine groups is 1. The highest BCUT2D eigenvalue weighted by Crippen LogP contribution is 2.22. The number of urea groups is 1. The molecule has 4 nitrogen and oxygen atoms in total. The van der Waals surface area contributed by atoms with E-state index in [0.717, 1.165) is 17.9 Å². The van der Waals surface area contributed by atoms with Crippen LogP contribution in [0.5, 0.6) is 0 Å². The van der Waals surface area contributed by atoms with Gasteiger partial charge >= 0.3 is 6.03 Å². The molecule has 1 aromatic carbocycles. The van der Waals surface area contributed by atoms with Gasteiger partial charge in [0.25, 0.3) is 0 Å². The third kappa shape index (κ3) is 2.43. The lowest BCUT2D eigenvalue weighted by molar-refractivity contribution is 0.246. The average Bonchev–Trinajstić information content (AvgIpc) is 3.05. The van der Waals surface area contributed by atoms with Crippen molar-refractivity contribution in [3.8, 4) is 0 Å². The molecule has 0 saturated heterocycles. The van der Waals surface area contributed by atoms with Gasteiger partial charge in [-0.25, -0.2) is 20.0 Å². The SMILES string of the molecule is NN(C(=O)NC1CC1)c1ccc(F)c(Cl)c1. The van der Waals surface area contributed by atoms with E-state index in [0.29, 0.717) is 5.69 Å². The molecular formula is C10H11ClFN3O. The van der Waals surface area contributed by atoms with Gasteiger partial charge in [-0.2, -0.15) is 0 Å². The van der Waals surface area contributed by atoms with Crippen molar-refractivity contribution in [2.24, 2.45) is 5.84 Å². The van der Waals surface area contributed by atoms with Crippen LogP contribution >= 0.6 is 11.6 Å². The van der Waals surface area contributed by atoms with E-state index in [1.165, 1.54) is 18.2 Å². The molecule has 0 unspecified atom stereocenters. The molecule has 0 radical (unpaired) electrons. The first-order chi connectivity index (χ1) is 7.58. The van der Waals surface area contributed by atoms with Crippen molar-refractivity contribution in [1.82, 2.24) is 5.32 Å². The Morgan fingerprint density at radius 1 is 1.56 bits per heavy atom. The Hall–Kier alpha value is -1.33. The molecular weight excluding hydrogens is 233 g/mol. The maximum atomic E-state index is 12.9. The molecule has 0 bridgehead atoms. The molecule has 1 saturated carbocycles.